The molecule has 0 spiro atoms. The minimum Gasteiger partial charge on any atom is -0.481 e. The summed E-state index contributed by atoms with van der Waals surface area (Å²) in [4.78, 5) is 4.21. The van der Waals surface area contributed by atoms with E-state index in [2.05, 4.69) is 37.0 Å². The lowest BCUT2D eigenvalue weighted by Crippen LogP contribution is -2.26. The van der Waals surface area contributed by atoms with E-state index < -0.39 is 0 Å². The summed E-state index contributed by atoms with van der Waals surface area (Å²) < 4.78 is 5.06. The van der Waals surface area contributed by atoms with Crippen LogP contribution in [0.5, 0.6) is 5.88 Å². The summed E-state index contributed by atoms with van der Waals surface area (Å²) in [7, 11) is 1.62. The van der Waals surface area contributed by atoms with Gasteiger partial charge in [0.1, 0.15) is 0 Å². The number of benzene rings is 1. The van der Waals surface area contributed by atoms with E-state index in [1.807, 2.05) is 18.3 Å². The summed E-state index contributed by atoms with van der Waals surface area (Å²) in [6.07, 6.45) is 3.55. The van der Waals surface area contributed by atoms with Crippen molar-refractivity contribution in [1.82, 2.24) is 4.98 Å². The zero-order valence-electron chi connectivity index (χ0n) is 12.4. The van der Waals surface area contributed by atoms with Gasteiger partial charge in [-0.05, 0) is 48.9 Å². The standard InChI is InChI=1S/C17H22N2O/c1-12-5-4-6-13(2)16(12)10-15(18)9-14-7-8-17(20-3)19-11-14/h4-8,11,15H,9-10,18H2,1-3H3. The van der Waals surface area contributed by atoms with Crippen molar-refractivity contribution in [2.75, 3.05) is 7.11 Å². The second kappa shape index (κ2) is 6.53. The summed E-state index contributed by atoms with van der Waals surface area (Å²) in [6, 6.07) is 10.4. The quantitative estimate of drug-likeness (QED) is 0.909. The van der Waals surface area contributed by atoms with Crippen LogP contribution in [0.15, 0.2) is 36.5 Å². The van der Waals surface area contributed by atoms with Crippen molar-refractivity contribution in [3.8, 4) is 5.88 Å². The monoisotopic (exact) mass is 270 g/mol. The van der Waals surface area contributed by atoms with Gasteiger partial charge in [-0.1, -0.05) is 24.3 Å². The topological polar surface area (TPSA) is 48.1 Å². The highest BCUT2D eigenvalue weighted by Crippen LogP contribution is 2.16. The van der Waals surface area contributed by atoms with Crippen molar-refractivity contribution in [3.63, 3.8) is 0 Å². The van der Waals surface area contributed by atoms with Crippen molar-refractivity contribution < 1.29 is 4.74 Å². The van der Waals surface area contributed by atoms with E-state index in [0.717, 1.165) is 18.4 Å². The Bertz CT molecular complexity index is 543. The molecular formula is C17H22N2O. The van der Waals surface area contributed by atoms with Crippen LogP contribution in [-0.2, 0) is 12.8 Å². The normalized spacial score (nSPS) is 12.2. The molecule has 1 heterocycles. The maximum absolute atomic E-state index is 6.29. The van der Waals surface area contributed by atoms with Gasteiger partial charge in [-0.3, -0.25) is 0 Å². The molecule has 1 unspecified atom stereocenters. The Kier molecular flexibility index (Phi) is 4.74. The van der Waals surface area contributed by atoms with Gasteiger partial charge in [0.2, 0.25) is 5.88 Å². The predicted octanol–water partition coefficient (Wildman–Crippen LogP) is 2.82. The molecule has 3 nitrogen and oxygen atoms in total. The van der Waals surface area contributed by atoms with E-state index >= 15 is 0 Å². The number of aromatic nitrogens is 1. The Labute approximate surface area is 120 Å². The maximum atomic E-state index is 6.29. The van der Waals surface area contributed by atoms with Crippen LogP contribution in [0.1, 0.15) is 22.3 Å². The Hall–Kier alpha value is -1.87. The molecule has 0 radical (unpaired) electrons. The third-order valence-electron chi connectivity index (χ3n) is 3.62. The zero-order valence-corrected chi connectivity index (χ0v) is 12.4. The fraction of sp³-hybridized carbons (Fsp3) is 0.353. The number of nitrogens with two attached hydrogens (primary N) is 1. The Morgan fingerprint density at radius 2 is 1.80 bits per heavy atom. The molecule has 1 atom stereocenters. The summed E-state index contributed by atoms with van der Waals surface area (Å²) in [5, 5.41) is 0. The van der Waals surface area contributed by atoms with Crippen molar-refractivity contribution in [2.24, 2.45) is 5.73 Å². The van der Waals surface area contributed by atoms with E-state index in [1.54, 1.807) is 7.11 Å². The number of hydrogen-bond donors (Lipinski definition) is 1. The largest absolute Gasteiger partial charge is 0.481 e. The number of rotatable bonds is 5. The smallest absolute Gasteiger partial charge is 0.212 e. The molecule has 0 bridgehead atoms. The Morgan fingerprint density at radius 3 is 2.35 bits per heavy atom. The van der Waals surface area contributed by atoms with Crippen molar-refractivity contribution in [2.45, 2.75) is 32.7 Å². The fourth-order valence-electron chi connectivity index (χ4n) is 2.46. The zero-order chi connectivity index (χ0) is 14.5. The van der Waals surface area contributed by atoms with E-state index in [0.29, 0.717) is 5.88 Å². The van der Waals surface area contributed by atoms with Gasteiger partial charge in [0.05, 0.1) is 7.11 Å². The van der Waals surface area contributed by atoms with Gasteiger partial charge in [-0.25, -0.2) is 4.98 Å². The molecule has 0 aliphatic carbocycles. The van der Waals surface area contributed by atoms with E-state index in [4.69, 9.17) is 10.5 Å². The first-order valence-electron chi connectivity index (χ1n) is 6.89. The van der Waals surface area contributed by atoms with Crippen molar-refractivity contribution in [3.05, 3.63) is 58.8 Å². The van der Waals surface area contributed by atoms with Crippen LogP contribution in [0, 0.1) is 13.8 Å². The predicted molar refractivity (Wildman–Crippen MR) is 82.1 cm³/mol. The van der Waals surface area contributed by atoms with Gasteiger partial charge in [-0.2, -0.15) is 0 Å². The van der Waals surface area contributed by atoms with Gasteiger partial charge < -0.3 is 10.5 Å². The maximum Gasteiger partial charge on any atom is 0.212 e. The first-order chi connectivity index (χ1) is 9.60. The number of ether oxygens (including phenoxy) is 1. The van der Waals surface area contributed by atoms with Gasteiger partial charge >= 0.3 is 0 Å². The van der Waals surface area contributed by atoms with E-state index in [-0.39, 0.29) is 6.04 Å². The third-order valence-corrected chi connectivity index (χ3v) is 3.62. The van der Waals surface area contributed by atoms with Crippen LogP contribution in [0.4, 0.5) is 0 Å². The molecule has 2 rings (SSSR count). The lowest BCUT2D eigenvalue weighted by Gasteiger charge is -2.15. The first-order valence-corrected chi connectivity index (χ1v) is 6.89. The SMILES string of the molecule is COc1ccc(CC(N)Cc2c(C)cccc2C)cn1. The van der Waals surface area contributed by atoms with Crippen LogP contribution < -0.4 is 10.5 Å². The lowest BCUT2D eigenvalue weighted by atomic mass is 9.94. The number of pyridine rings is 1. The lowest BCUT2D eigenvalue weighted by molar-refractivity contribution is 0.397. The van der Waals surface area contributed by atoms with Crippen LogP contribution >= 0.6 is 0 Å². The van der Waals surface area contributed by atoms with Gasteiger partial charge in [0.25, 0.3) is 0 Å². The number of hydrogen-bond acceptors (Lipinski definition) is 3. The molecule has 20 heavy (non-hydrogen) atoms. The van der Waals surface area contributed by atoms with Gasteiger partial charge in [0, 0.05) is 18.3 Å². The van der Waals surface area contributed by atoms with Crippen LogP contribution in [0.3, 0.4) is 0 Å². The number of aryl methyl sites for hydroxylation is 2. The molecule has 2 aromatic rings. The Balaban J connectivity index is 2.03. The molecule has 3 heteroatoms. The van der Waals surface area contributed by atoms with Crippen LogP contribution in [0.2, 0.25) is 0 Å². The average molecular weight is 270 g/mol. The highest BCUT2D eigenvalue weighted by atomic mass is 16.5. The minimum atomic E-state index is 0.102. The Morgan fingerprint density at radius 1 is 1.10 bits per heavy atom. The highest BCUT2D eigenvalue weighted by molar-refractivity contribution is 5.34. The molecular weight excluding hydrogens is 248 g/mol. The molecule has 0 fully saturated rings. The molecule has 2 N–H and O–H groups in total. The van der Waals surface area contributed by atoms with Crippen LogP contribution in [0.25, 0.3) is 0 Å². The van der Waals surface area contributed by atoms with Gasteiger partial charge in [-0.15, -0.1) is 0 Å². The molecule has 0 amide bonds. The molecule has 0 aliphatic rings. The fourth-order valence-corrected chi connectivity index (χ4v) is 2.46. The number of methoxy groups -OCH3 is 1. The minimum absolute atomic E-state index is 0.102. The number of nitrogens with zero attached hydrogens (tertiary/aromatic N) is 1. The van der Waals surface area contributed by atoms with Crippen molar-refractivity contribution in [1.29, 1.82) is 0 Å². The average Bonchev–Trinajstić information content (AvgIpc) is 2.44. The molecule has 106 valence electrons. The molecule has 0 saturated carbocycles. The summed E-state index contributed by atoms with van der Waals surface area (Å²) >= 11 is 0. The van der Waals surface area contributed by atoms with E-state index in [1.165, 1.54) is 16.7 Å². The summed E-state index contributed by atoms with van der Waals surface area (Å²) in [5.41, 5.74) is 11.4. The summed E-state index contributed by atoms with van der Waals surface area (Å²) in [6.45, 7) is 4.29. The molecule has 1 aromatic carbocycles. The second-order valence-electron chi connectivity index (χ2n) is 5.25. The highest BCUT2D eigenvalue weighted by Gasteiger charge is 2.10. The van der Waals surface area contributed by atoms with Crippen LogP contribution in [-0.4, -0.2) is 18.1 Å². The molecule has 0 saturated heterocycles. The van der Waals surface area contributed by atoms with Gasteiger partial charge in [0.15, 0.2) is 0 Å². The first kappa shape index (κ1) is 14.5. The third kappa shape index (κ3) is 3.58. The second-order valence-corrected chi connectivity index (χ2v) is 5.25. The summed E-state index contributed by atoms with van der Waals surface area (Å²) in [5.74, 6) is 0.636. The molecule has 1 aromatic heterocycles. The van der Waals surface area contributed by atoms with E-state index in [9.17, 15) is 0 Å². The van der Waals surface area contributed by atoms with Crippen molar-refractivity contribution >= 4 is 0 Å². The molecule has 0 aliphatic heterocycles.